The normalized spacial score (nSPS) is 12.2. The highest BCUT2D eigenvalue weighted by atomic mass is 35.5. The van der Waals surface area contributed by atoms with Gasteiger partial charge >= 0.3 is 0 Å². The molecule has 1 aromatic heterocycles. The summed E-state index contributed by atoms with van der Waals surface area (Å²) in [5, 5.41) is 0.655. The third kappa shape index (κ3) is 2.61. The van der Waals surface area contributed by atoms with Crippen molar-refractivity contribution in [2.45, 2.75) is 6.04 Å². The quantitative estimate of drug-likeness (QED) is 0.656. The first-order chi connectivity index (χ1) is 8.76. The molecule has 0 fully saturated rings. The lowest BCUT2D eigenvalue weighted by Crippen LogP contribution is -2.29. The summed E-state index contributed by atoms with van der Waals surface area (Å²) in [7, 11) is 1.60. The minimum absolute atomic E-state index is 0.264. The summed E-state index contributed by atoms with van der Waals surface area (Å²) in [5.74, 6) is 6.30. The van der Waals surface area contributed by atoms with Crippen molar-refractivity contribution in [3.05, 3.63) is 58.9 Å². The van der Waals surface area contributed by atoms with E-state index in [1.807, 2.05) is 36.4 Å². The largest absolute Gasteiger partial charge is 0.495 e. The standard InChI is InChI=1S/C13H14ClN3O/c1-18-11-6-3-7-16-13(11)12(17-15)9-4-2-5-10(14)8-9/h2-8,12,17H,15H2,1H3. The third-order valence-electron chi connectivity index (χ3n) is 2.64. The summed E-state index contributed by atoms with van der Waals surface area (Å²) in [4.78, 5) is 4.32. The van der Waals surface area contributed by atoms with Gasteiger partial charge in [0.2, 0.25) is 0 Å². The lowest BCUT2D eigenvalue weighted by molar-refractivity contribution is 0.400. The van der Waals surface area contributed by atoms with Gasteiger partial charge in [0.15, 0.2) is 0 Å². The number of nitrogens with zero attached hydrogens (tertiary/aromatic N) is 1. The van der Waals surface area contributed by atoms with Crippen LogP contribution in [0.5, 0.6) is 5.75 Å². The van der Waals surface area contributed by atoms with Crippen LogP contribution in [0, 0.1) is 0 Å². The molecule has 1 unspecified atom stereocenters. The van der Waals surface area contributed by atoms with Crippen LogP contribution in [0.25, 0.3) is 0 Å². The molecule has 1 atom stereocenters. The van der Waals surface area contributed by atoms with E-state index in [0.29, 0.717) is 10.8 Å². The van der Waals surface area contributed by atoms with E-state index in [4.69, 9.17) is 22.2 Å². The van der Waals surface area contributed by atoms with Crippen molar-refractivity contribution >= 4 is 11.6 Å². The van der Waals surface area contributed by atoms with Crippen molar-refractivity contribution in [3.8, 4) is 5.75 Å². The van der Waals surface area contributed by atoms with Crippen LogP contribution in [0.15, 0.2) is 42.6 Å². The molecule has 1 heterocycles. The van der Waals surface area contributed by atoms with Crippen LogP contribution in [0.1, 0.15) is 17.3 Å². The van der Waals surface area contributed by atoms with Crippen molar-refractivity contribution in [2.24, 2.45) is 5.84 Å². The summed E-state index contributed by atoms with van der Waals surface area (Å²) in [6, 6.07) is 10.9. The van der Waals surface area contributed by atoms with Crippen molar-refractivity contribution in [1.82, 2.24) is 10.4 Å². The van der Waals surface area contributed by atoms with Gasteiger partial charge in [-0.3, -0.25) is 10.8 Å². The van der Waals surface area contributed by atoms with Gasteiger partial charge in [0.1, 0.15) is 11.4 Å². The number of benzene rings is 1. The van der Waals surface area contributed by atoms with Crippen LogP contribution in [-0.2, 0) is 0 Å². The maximum Gasteiger partial charge on any atom is 0.142 e. The lowest BCUT2D eigenvalue weighted by atomic mass is 10.0. The molecule has 2 aromatic rings. The van der Waals surface area contributed by atoms with Crippen molar-refractivity contribution in [3.63, 3.8) is 0 Å². The zero-order chi connectivity index (χ0) is 13.0. The molecule has 0 amide bonds. The first kappa shape index (κ1) is 12.8. The van der Waals surface area contributed by atoms with Crippen molar-refractivity contribution < 1.29 is 4.74 Å². The minimum Gasteiger partial charge on any atom is -0.495 e. The fourth-order valence-electron chi connectivity index (χ4n) is 1.81. The molecule has 94 valence electrons. The van der Waals surface area contributed by atoms with E-state index in [0.717, 1.165) is 11.3 Å². The number of halogens is 1. The van der Waals surface area contributed by atoms with Gasteiger partial charge in [0.25, 0.3) is 0 Å². The molecule has 0 radical (unpaired) electrons. The Kier molecular flexibility index (Phi) is 4.15. The van der Waals surface area contributed by atoms with E-state index in [1.54, 1.807) is 13.3 Å². The highest BCUT2D eigenvalue weighted by molar-refractivity contribution is 6.30. The monoisotopic (exact) mass is 263 g/mol. The van der Waals surface area contributed by atoms with Gasteiger partial charge in [0.05, 0.1) is 13.2 Å². The number of hydrogen-bond acceptors (Lipinski definition) is 4. The zero-order valence-corrected chi connectivity index (χ0v) is 10.7. The van der Waals surface area contributed by atoms with Gasteiger partial charge in [-0.1, -0.05) is 23.7 Å². The molecule has 5 heteroatoms. The summed E-state index contributed by atoms with van der Waals surface area (Å²) in [5.41, 5.74) is 4.39. The Balaban J connectivity index is 2.45. The Bertz CT molecular complexity index is 533. The van der Waals surface area contributed by atoms with Crippen LogP contribution < -0.4 is 16.0 Å². The van der Waals surface area contributed by atoms with Crippen LogP contribution in [0.2, 0.25) is 5.02 Å². The lowest BCUT2D eigenvalue weighted by Gasteiger charge is -2.18. The van der Waals surface area contributed by atoms with E-state index in [-0.39, 0.29) is 6.04 Å². The van der Waals surface area contributed by atoms with Crippen molar-refractivity contribution in [1.29, 1.82) is 0 Å². The van der Waals surface area contributed by atoms with E-state index >= 15 is 0 Å². The van der Waals surface area contributed by atoms with Gasteiger partial charge in [-0.15, -0.1) is 0 Å². The number of nitrogens with one attached hydrogen (secondary N) is 1. The Morgan fingerprint density at radius 2 is 2.17 bits per heavy atom. The number of ether oxygens (including phenoxy) is 1. The highest BCUT2D eigenvalue weighted by Crippen LogP contribution is 2.28. The van der Waals surface area contributed by atoms with E-state index in [9.17, 15) is 0 Å². The van der Waals surface area contributed by atoms with Crippen molar-refractivity contribution in [2.75, 3.05) is 7.11 Å². The smallest absolute Gasteiger partial charge is 0.142 e. The molecule has 0 saturated carbocycles. The van der Waals surface area contributed by atoms with Crippen LogP contribution in [-0.4, -0.2) is 12.1 Å². The van der Waals surface area contributed by atoms with Crippen LogP contribution in [0.3, 0.4) is 0 Å². The molecule has 1 aromatic carbocycles. The number of pyridine rings is 1. The zero-order valence-electron chi connectivity index (χ0n) is 9.93. The molecule has 0 bridgehead atoms. The topological polar surface area (TPSA) is 60.2 Å². The van der Waals surface area contributed by atoms with E-state index in [2.05, 4.69) is 10.4 Å². The average Bonchev–Trinajstić information content (AvgIpc) is 2.40. The summed E-state index contributed by atoms with van der Waals surface area (Å²) >= 11 is 5.99. The number of aromatic nitrogens is 1. The second kappa shape index (κ2) is 5.82. The molecule has 18 heavy (non-hydrogen) atoms. The maximum atomic E-state index is 5.99. The predicted molar refractivity (Wildman–Crippen MR) is 71.4 cm³/mol. The molecular weight excluding hydrogens is 250 g/mol. The number of hydrogen-bond donors (Lipinski definition) is 2. The maximum absolute atomic E-state index is 5.99. The fourth-order valence-corrected chi connectivity index (χ4v) is 2.01. The van der Waals surface area contributed by atoms with Gasteiger partial charge < -0.3 is 4.74 Å². The summed E-state index contributed by atoms with van der Waals surface area (Å²) in [6.07, 6.45) is 1.70. The molecule has 3 N–H and O–H groups in total. The van der Waals surface area contributed by atoms with Crippen LogP contribution >= 0.6 is 11.6 Å². The molecule has 4 nitrogen and oxygen atoms in total. The van der Waals surface area contributed by atoms with Gasteiger partial charge in [-0.25, -0.2) is 5.43 Å². The Morgan fingerprint density at radius 3 is 2.83 bits per heavy atom. The van der Waals surface area contributed by atoms with Gasteiger partial charge in [-0.05, 0) is 29.8 Å². The Hall–Kier alpha value is -1.62. The average molecular weight is 264 g/mol. The predicted octanol–water partition coefficient (Wildman–Crippen LogP) is 2.30. The number of methoxy groups -OCH3 is 1. The Labute approximate surface area is 111 Å². The molecule has 0 aliphatic carbocycles. The minimum atomic E-state index is -0.264. The second-order valence-electron chi connectivity index (χ2n) is 3.75. The fraction of sp³-hybridized carbons (Fsp3) is 0.154. The van der Waals surface area contributed by atoms with Crippen LogP contribution in [0.4, 0.5) is 0 Å². The molecule has 2 rings (SSSR count). The highest BCUT2D eigenvalue weighted by Gasteiger charge is 2.18. The summed E-state index contributed by atoms with van der Waals surface area (Å²) < 4.78 is 5.29. The first-order valence-electron chi connectivity index (χ1n) is 5.46. The summed E-state index contributed by atoms with van der Waals surface area (Å²) in [6.45, 7) is 0. The molecule has 0 aliphatic heterocycles. The molecular formula is C13H14ClN3O. The molecule has 0 saturated heterocycles. The van der Waals surface area contributed by atoms with Gasteiger partial charge in [0, 0.05) is 11.2 Å². The number of hydrazine groups is 1. The first-order valence-corrected chi connectivity index (χ1v) is 5.84. The molecule has 0 spiro atoms. The Morgan fingerprint density at radius 1 is 1.33 bits per heavy atom. The SMILES string of the molecule is COc1cccnc1C(NN)c1cccc(Cl)c1. The van der Waals surface area contributed by atoms with E-state index < -0.39 is 0 Å². The van der Waals surface area contributed by atoms with E-state index in [1.165, 1.54) is 0 Å². The van der Waals surface area contributed by atoms with Gasteiger partial charge in [-0.2, -0.15) is 0 Å². The molecule has 0 aliphatic rings. The second-order valence-corrected chi connectivity index (χ2v) is 4.18. The number of nitrogens with two attached hydrogens (primary N) is 1. The number of rotatable bonds is 4. The third-order valence-corrected chi connectivity index (χ3v) is 2.88.